The van der Waals surface area contributed by atoms with Crippen molar-refractivity contribution < 1.29 is 12.9 Å². The van der Waals surface area contributed by atoms with E-state index in [0.29, 0.717) is 17.3 Å². The van der Waals surface area contributed by atoms with Crippen molar-refractivity contribution in [3.05, 3.63) is 30.2 Å². The van der Waals surface area contributed by atoms with Gasteiger partial charge in [-0.2, -0.15) is 4.98 Å². The van der Waals surface area contributed by atoms with E-state index in [1.54, 1.807) is 31.2 Å². The van der Waals surface area contributed by atoms with E-state index in [1.165, 1.54) is 6.42 Å². The highest BCUT2D eigenvalue weighted by atomic mass is 32.2. The Balaban J connectivity index is 1.84. The number of sulfonamides is 1. The lowest BCUT2D eigenvalue weighted by Crippen LogP contribution is -2.36. The molecule has 1 saturated carbocycles. The Kier molecular flexibility index (Phi) is 4.26. The van der Waals surface area contributed by atoms with Crippen LogP contribution >= 0.6 is 0 Å². The average molecular weight is 321 g/mol. The second-order valence-corrected chi connectivity index (χ2v) is 7.34. The molecule has 0 aliphatic heterocycles. The minimum Gasteiger partial charge on any atom is -0.339 e. The molecule has 0 spiro atoms. The number of nitrogens with one attached hydrogen (secondary N) is 1. The first-order valence-electron chi connectivity index (χ1n) is 7.48. The van der Waals surface area contributed by atoms with E-state index in [9.17, 15) is 8.42 Å². The van der Waals surface area contributed by atoms with Gasteiger partial charge in [-0.15, -0.1) is 0 Å². The van der Waals surface area contributed by atoms with Crippen molar-refractivity contribution in [1.29, 1.82) is 0 Å². The number of hydrogen-bond donors (Lipinski definition) is 1. The maximum absolute atomic E-state index is 12.5. The van der Waals surface area contributed by atoms with E-state index in [-0.39, 0.29) is 10.9 Å². The van der Waals surface area contributed by atoms with Gasteiger partial charge in [-0.05, 0) is 25.0 Å². The molecule has 6 nitrogen and oxygen atoms in total. The zero-order chi connectivity index (χ0) is 15.6. The molecule has 0 bridgehead atoms. The standard InChI is InChI=1S/C15H19N3O3S/c1-11-16-15(17-21-11)12-6-5-9-14(10-12)22(19,20)18-13-7-3-2-4-8-13/h5-6,9-10,13,18H,2-4,7-8H2,1H3. The fourth-order valence-corrected chi connectivity index (χ4v) is 4.08. The second kappa shape index (κ2) is 6.18. The second-order valence-electron chi connectivity index (χ2n) is 5.62. The van der Waals surface area contributed by atoms with Gasteiger partial charge in [0.2, 0.25) is 21.7 Å². The number of benzene rings is 1. The third kappa shape index (κ3) is 3.36. The van der Waals surface area contributed by atoms with Gasteiger partial charge in [0, 0.05) is 18.5 Å². The Morgan fingerprint density at radius 3 is 2.68 bits per heavy atom. The summed E-state index contributed by atoms with van der Waals surface area (Å²) in [6.45, 7) is 1.70. The molecule has 3 rings (SSSR count). The van der Waals surface area contributed by atoms with E-state index in [4.69, 9.17) is 4.52 Å². The van der Waals surface area contributed by atoms with E-state index < -0.39 is 10.0 Å². The molecule has 2 aromatic rings. The minimum atomic E-state index is -3.52. The van der Waals surface area contributed by atoms with Crippen LogP contribution in [0.2, 0.25) is 0 Å². The molecule has 7 heteroatoms. The maximum atomic E-state index is 12.5. The Morgan fingerprint density at radius 2 is 2.00 bits per heavy atom. The maximum Gasteiger partial charge on any atom is 0.240 e. The smallest absolute Gasteiger partial charge is 0.240 e. The molecule has 1 N–H and O–H groups in total. The predicted octanol–water partition coefficient (Wildman–Crippen LogP) is 2.66. The van der Waals surface area contributed by atoms with Crippen LogP contribution < -0.4 is 4.72 Å². The molecule has 1 aliphatic carbocycles. The summed E-state index contributed by atoms with van der Waals surface area (Å²) in [5, 5.41) is 3.82. The van der Waals surface area contributed by atoms with Crippen molar-refractivity contribution in [2.45, 2.75) is 50.0 Å². The first-order valence-corrected chi connectivity index (χ1v) is 8.96. The van der Waals surface area contributed by atoms with Gasteiger partial charge < -0.3 is 4.52 Å². The van der Waals surface area contributed by atoms with Crippen molar-refractivity contribution in [2.24, 2.45) is 0 Å². The molecule has 22 heavy (non-hydrogen) atoms. The third-order valence-corrected chi connectivity index (χ3v) is 5.38. The molecule has 118 valence electrons. The van der Waals surface area contributed by atoms with Crippen LogP contribution in [0.3, 0.4) is 0 Å². The summed E-state index contributed by atoms with van der Waals surface area (Å²) in [5.74, 6) is 0.843. The predicted molar refractivity (Wildman–Crippen MR) is 81.7 cm³/mol. The lowest BCUT2D eigenvalue weighted by atomic mass is 9.96. The topological polar surface area (TPSA) is 85.1 Å². The molecule has 0 atom stereocenters. The molecule has 1 aromatic carbocycles. The number of hydrogen-bond acceptors (Lipinski definition) is 5. The Morgan fingerprint density at radius 1 is 1.23 bits per heavy atom. The summed E-state index contributed by atoms with van der Waals surface area (Å²) in [5.41, 5.74) is 0.628. The summed E-state index contributed by atoms with van der Waals surface area (Å²) in [7, 11) is -3.52. The van der Waals surface area contributed by atoms with Crippen LogP contribution in [-0.2, 0) is 10.0 Å². The zero-order valence-electron chi connectivity index (χ0n) is 12.4. The zero-order valence-corrected chi connectivity index (χ0v) is 13.3. The Labute approximate surface area is 130 Å². The summed E-state index contributed by atoms with van der Waals surface area (Å²) < 4.78 is 32.8. The molecule has 1 aromatic heterocycles. The first-order chi connectivity index (χ1) is 10.5. The highest BCUT2D eigenvalue weighted by molar-refractivity contribution is 7.89. The number of aromatic nitrogens is 2. The first kappa shape index (κ1) is 15.2. The van der Waals surface area contributed by atoms with Crippen molar-refractivity contribution in [2.75, 3.05) is 0 Å². The van der Waals surface area contributed by atoms with Crippen molar-refractivity contribution in [1.82, 2.24) is 14.9 Å². The molecule has 0 amide bonds. The van der Waals surface area contributed by atoms with Crippen molar-refractivity contribution >= 4 is 10.0 Å². The lowest BCUT2D eigenvalue weighted by Gasteiger charge is -2.22. The SMILES string of the molecule is Cc1nc(-c2cccc(S(=O)(=O)NC3CCCCC3)c2)no1. The molecule has 0 unspecified atom stereocenters. The van der Waals surface area contributed by atoms with Gasteiger partial charge in [-0.25, -0.2) is 13.1 Å². The van der Waals surface area contributed by atoms with Crippen LogP contribution in [0, 0.1) is 6.92 Å². The molecule has 1 aliphatic rings. The third-order valence-electron chi connectivity index (χ3n) is 3.86. The normalized spacial score (nSPS) is 16.8. The van der Waals surface area contributed by atoms with Gasteiger partial charge in [0.1, 0.15) is 0 Å². The van der Waals surface area contributed by atoms with E-state index >= 15 is 0 Å². The molecular formula is C15H19N3O3S. The molecule has 0 radical (unpaired) electrons. The van der Waals surface area contributed by atoms with Crippen LogP contribution in [0.25, 0.3) is 11.4 Å². The lowest BCUT2D eigenvalue weighted by molar-refractivity contribution is 0.394. The summed E-state index contributed by atoms with van der Waals surface area (Å²) in [6.07, 6.45) is 5.15. The largest absolute Gasteiger partial charge is 0.339 e. The highest BCUT2D eigenvalue weighted by Crippen LogP contribution is 2.22. The van der Waals surface area contributed by atoms with E-state index in [2.05, 4.69) is 14.9 Å². The number of rotatable bonds is 4. The van der Waals surface area contributed by atoms with Gasteiger partial charge in [0.05, 0.1) is 4.90 Å². The van der Waals surface area contributed by atoms with Crippen molar-refractivity contribution in [3.63, 3.8) is 0 Å². The fourth-order valence-electron chi connectivity index (χ4n) is 2.73. The van der Waals surface area contributed by atoms with Gasteiger partial charge in [-0.3, -0.25) is 0 Å². The van der Waals surface area contributed by atoms with Crippen LogP contribution in [0.1, 0.15) is 38.0 Å². The molecule has 1 heterocycles. The van der Waals surface area contributed by atoms with Crippen LogP contribution in [0.15, 0.2) is 33.7 Å². The summed E-state index contributed by atoms with van der Waals surface area (Å²) in [4.78, 5) is 4.36. The van der Waals surface area contributed by atoms with Gasteiger partial charge in [-0.1, -0.05) is 36.6 Å². The van der Waals surface area contributed by atoms with Crippen LogP contribution in [0.5, 0.6) is 0 Å². The quantitative estimate of drug-likeness (QED) is 0.935. The van der Waals surface area contributed by atoms with Gasteiger partial charge >= 0.3 is 0 Å². The number of nitrogens with zero attached hydrogens (tertiary/aromatic N) is 2. The van der Waals surface area contributed by atoms with E-state index in [1.807, 2.05) is 0 Å². The fraction of sp³-hybridized carbons (Fsp3) is 0.467. The Bertz CT molecular complexity index is 749. The molecular weight excluding hydrogens is 302 g/mol. The number of aryl methyl sites for hydroxylation is 1. The molecule has 0 saturated heterocycles. The Hall–Kier alpha value is -1.73. The average Bonchev–Trinajstić information content (AvgIpc) is 2.95. The van der Waals surface area contributed by atoms with Gasteiger partial charge in [0.15, 0.2) is 0 Å². The van der Waals surface area contributed by atoms with Crippen LogP contribution in [-0.4, -0.2) is 24.6 Å². The monoisotopic (exact) mass is 321 g/mol. The van der Waals surface area contributed by atoms with Crippen molar-refractivity contribution in [3.8, 4) is 11.4 Å². The summed E-state index contributed by atoms with van der Waals surface area (Å²) >= 11 is 0. The van der Waals surface area contributed by atoms with Gasteiger partial charge in [0.25, 0.3) is 0 Å². The van der Waals surface area contributed by atoms with E-state index in [0.717, 1.165) is 25.7 Å². The molecule has 1 fully saturated rings. The minimum absolute atomic E-state index is 0.0369. The highest BCUT2D eigenvalue weighted by Gasteiger charge is 2.22. The summed E-state index contributed by atoms with van der Waals surface area (Å²) in [6, 6.07) is 6.66. The van der Waals surface area contributed by atoms with Crippen LogP contribution in [0.4, 0.5) is 0 Å².